The third kappa shape index (κ3) is 3.32. The van der Waals surface area contributed by atoms with Crippen LogP contribution in [0, 0.1) is 11.7 Å². The van der Waals surface area contributed by atoms with Gasteiger partial charge in [-0.05, 0) is 25.3 Å². The molecule has 0 aromatic heterocycles. The molecule has 0 spiro atoms. The average molecular weight is 264 g/mol. The summed E-state index contributed by atoms with van der Waals surface area (Å²) >= 11 is 0. The highest BCUT2D eigenvalue weighted by Gasteiger charge is 2.35. The van der Waals surface area contributed by atoms with Gasteiger partial charge in [0.05, 0.1) is 5.92 Å². The molecule has 2 N–H and O–H groups in total. The molecule has 0 aliphatic heterocycles. The molecular weight excluding hydrogens is 243 g/mol. The van der Waals surface area contributed by atoms with Crippen molar-refractivity contribution in [2.45, 2.75) is 38.8 Å². The van der Waals surface area contributed by atoms with Crippen LogP contribution < -0.4 is 5.73 Å². The molecule has 0 heterocycles. The van der Waals surface area contributed by atoms with E-state index in [0.717, 1.165) is 19.3 Å². The monoisotopic (exact) mass is 264 g/mol. The molecule has 1 fully saturated rings. The first-order chi connectivity index (χ1) is 9.17. The van der Waals surface area contributed by atoms with E-state index in [0.29, 0.717) is 18.7 Å². The lowest BCUT2D eigenvalue weighted by atomic mass is 10.0. The summed E-state index contributed by atoms with van der Waals surface area (Å²) in [6.45, 7) is 2.67. The smallest absolute Gasteiger partial charge is 0.227 e. The van der Waals surface area contributed by atoms with Crippen molar-refractivity contribution in [3.63, 3.8) is 0 Å². The third-order valence-electron chi connectivity index (χ3n) is 3.70. The highest BCUT2D eigenvalue weighted by Crippen LogP contribution is 2.30. The molecule has 1 aliphatic carbocycles. The quantitative estimate of drug-likeness (QED) is 0.857. The van der Waals surface area contributed by atoms with Gasteiger partial charge in [0, 0.05) is 24.7 Å². The highest BCUT2D eigenvalue weighted by molar-refractivity contribution is 5.79. The van der Waals surface area contributed by atoms with E-state index in [1.165, 1.54) is 6.07 Å². The van der Waals surface area contributed by atoms with Crippen molar-refractivity contribution in [2.24, 2.45) is 11.7 Å². The minimum atomic E-state index is -0.248. The van der Waals surface area contributed by atoms with E-state index in [9.17, 15) is 9.18 Å². The average Bonchev–Trinajstić information content (AvgIpc) is 3.23. The van der Waals surface area contributed by atoms with Gasteiger partial charge >= 0.3 is 0 Å². The largest absolute Gasteiger partial charge is 0.335 e. The lowest BCUT2D eigenvalue weighted by molar-refractivity contribution is -0.136. The normalized spacial score (nSPS) is 16.2. The molecule has 1 unspecified atom stereocenters. The molecule has 1 amide bonds. The van der Waals surface area contributed by atoms with E-state index < -0.39 is 0 Å². The number of hydrogen-bond donors (Lipinski definition) is 1. The van der Waals surface area contributed by atoms with Gasteiger partial charge < -0.3 is 10.6 Å². The molecule has 0 bridgehead atoms. The Kier molecular flexibility index (Phi) is 4.53. The summed E-state index contributed by atoms with van der Waals surface area (Å²) in [5.74, 6) is -0.329. The van der Waals surface area contributed by atoms with Gasteiger partial charge in [0.25, 0.3) is 0 Å². The summed E-state index contributed by atoms with van der Waals surface area (Å²) in [5.41, 5.74) is 6.22. The van der Waals surface area contributed by atoms with Crippen molar-refractivity contribution in [3.05, 3.63) is 35.6 Å². The Balaban J connectivity index is 2.13. The van der Waals surface area contributed by atoms with Gasteiger partial charge in [-0.1, -0.05) is 25.1 Å². The van der Waals surface area contributed by atoms with Crippen LogP contribution in [0.3, 0.4) is 0 Å². The van der Waals surface area contributed by atoms with Gasteiger partial charge in [-0.2, -0.15) is 0 Å². The number of nitrogens with two attached hydrogens (primary N) is 1. The Bertz CT molecular complexity index is 442. The molecule has 4 heteroatoms. The summed E-state index contributed by atoms with van der Waals surface area (Å²) in [4.78, 5) is 14.2. The number of benzene rings is 1. The number of hydrogen-bond acceptors (Lipinski definition) is 2. The molecule has 3 nitrogen and oxygen atoms in total. The van der Waals surface area contributed by atoms with Gasteiger partial charge in [-0.15, -0.1) is 0 Å². The van der Waals surface area contributed by atoms with E-state index in [-0.39, 0.29) is 23.7 Å². The summed E-state index contributed by atoms with van der Waals surface area (Å²) in [7, 11) is 0. The van der Waals surface area contributed by atoms with E-state index in [1.54, 1.807) is 23.1 Å². The summed E-state index contributed by atoms with van der Waals surface area (Å²) in [6, 6.07) is 6.91. The van der Waals surface area contributed by atoms with E-state index in [4.69, 9.17) is 5.73 Å². The lowest BCUT2D eigenvalue weighted by Gasteiger charge is -2.26. The van der Waals surface area contributed by atoms with Crippen molar-refractivity contribution in [3.8, 4) is 0 Å². The number of nitrogens with zero attached hydrogens (tertiary/aromatic N) is 1. The van der Waals surface area contributed by atoms with Crippen LogP contribution in [-0.4, -0.2) is 23.4 Å². The maximum absolute atomic E-state index is 13.7. The zero-order chi connectivity index (χ0) is 13.8. The molecule has 1 saturated carbocycles. The molecule has 0 saturated heterocycles. The van der Waals surface area contributed by atoms with Crippen LogP contribution in [-0.2, 0) is 11.3 Å². The Hall–Kier alpha value is -1.42. The standard InChI is InChI=1S/C15H21FN2O/c1-2-11(9-17)15(19)18(13-7-8-13)10-12-5-3-4-6-14(12)16/h3-6,11,13H,2,7-10,17H2,1H3. The zero-order valence-corrected chi connectivity index (χ0v) is 11.3. The van der Waals surface area contributed by atoms with Gasteiger partial charge in [0.15, 0.2) is 0 Å². The Morgan fingerprint density at radius 3 is 2.68 bits per heavy atom. The van der Waals surface area contributed by atoms with E-state index >= 15 is 0 Å². The van der Waals surface area contributed by atoms with Crippen LogP contribution in [0.1, 0.15) is 31.7 Å². The topological polar surface area (TPSA) is 46.3 Å². The van der Waals surface area contributed by atoms with Crippen LogP contribution >= 0.6 is 0 Å². The number of carbonyl (C=O) groups excluding carboxylic acids is 1. The zero-order valence-electron chi connectivity index (χ0n) is 11.3. The molecule has 19 heavy (non-hydrogen) atoms. The summed E-state index contributed by atoms with van der Waals surface area (Å²) in [6.07, 6.45) is 2.76. The number of rotatable bonds is 6. The predicted molar refractivity (Wildman–Crippen MR) is 72.8 cm³/mol. The van der Waals surface area contributed by atoms with Crippen molar-refractivity contribution in [2.75, 3.05) is 6.54 Å². The van der Waals surface area contributed by atoms with Crippen LogP contribution in [0.15, 0.2) is 24.3 Å². The van der Waals surface area contributed by atoms with Gasteiger partial charge in [0.2, 0.25) is 5.91 Å². The van der Waals surface area contributed by atoms with Crippen LogP contribution in [0.4, 0.5) is 4.39 Å². The Morgan fingerprint density at radius 1 is 1.47 bits per heavy atom. The molecule has 2 rings (SSSR count). The number of carbonyl (C=O) groups is 1. The van der Waals surface area contributed by atoms with Crippen LogP contribution in [0.5, 0.6) is 0 Å². The minimum absolute atomic E-state index is 0.0655. The number of amides is 1. The fraction of sp³-hybridized carbons (Fsp3) is 0.533. The fourth-order valence-corrected chi connectivity index (χ4v) is 2.26. The van der Waals surface area contributed by atoms with E-state index in [1.807, 2.05) is 6.92 Å². The molecule has 1 aromatic carbocycles. The van der Waals surface area contributed by atoms with Gasteiger partial charge in [-0.25, -0.2) is 4.39 Å². The third-order valence-corrected chi connectivity index (χ3v) is 3.70. The second-order valence-corrected chi connectivity index (χ2v) is 5.13. The predicted octanol–water partition coefficient (Wildman–Crippen LogP) is 2.30. The lowest BCUT2D eigenvalue weighted by Crippen LogP contribution is -2.40. The van der Waals surface area contributed by atoms with Gasteiger partial charge in [0.1, 0.15) is 5.82 Å². The summed E-state index contributed by atoms with van der Waals surface area (Å²) in [5, 5.41) is 0. The minimum Gasteiger partial charge on any atom is -0.335 e. The molecular formula is C15H21FN2O. The first-order valence-electron chi connectivity index (χ1n) is 6.91. The molecule has 0 radical (unpaired) electrons. The first kappa shape index (κ1) is 14.0. The highest BCUT2D eigenvalue weighted by atomic mass is 19.1. The van der Waals surface area contributed by atoms with E-state index in [2.05, 4.69) is 0 Å². The molecule has 1 aliphatic rings. The van der Waals surface area contributed by atoms with Crippen molar-refractivity contribution in [1.82, 2.24) is 4.90 Å². The van der Waals surface area contributed by atoms with Crippen LogP contribution in [0.25, 0.3) is 0 Å². The molecule has 1 aromatic rings. The number of halogens is 1. The molecule has 1 atom stereocenters. The second-order valence-electron chi connectivity index (χ2n) is 5.13. The fourth-order valence-electron chi connectivity index (χ4n) is 2.26. The van der Waals surface area contributed by atoms with Crippen LogP contribution in [0.2, 0.25) is 0 Å². The Morgan fingerprint density at radius 2 is 2.16 bits per heavy atom. The maximum Gasteiger partial charge on any atom is 0.227 e. The summed E-state index contributed by atoms with van der Waals surface area (Å²) < 4.78 is 13.7. The molecule has 104 valence electrons. The SMILES string of the molecule is CCC(CN)C(=O)N(Cc1ccccc1F)C1CC1. The first-order valence-corrected chi connectivity index (χ1v) is 6.91. The van der Waals surface area contributed by atoms with Gasteiger partial charge in [-0.3, -0.25) is 4.79 Å². The van der Waals surface area contributed by atoms with Crippen molar-refractivity contribution in [1.29, 1.82) is 0 Å². The van der Waals surface area contributed by atoms with Crippen molar-refractivity contribution >= 4 is 5.91 Å². The second kappa shape index (κ2) is 6.15. The Labute approximate surface area is 113 Å². The maximum atomic E-state index is 13.7. The van der Waals surface area contributed by atoms with Crippen molar-refractivity contribution < 1.29 is 9.18 Å².